The molecule has 2 atom stereocenters. The van der Waals surface area contributed by atoms with E-state index in [0.717, 1.165) is 30.8 Å². The van der Waals surface area contributed by atoms with Crippen molar-refractivity contribution in [3.8, 4) is 0 Å². The fraction of sp³-hybridized carbons (Fsp3) is 0.474. The van der Waals surface area contributed by atoms with Crippen LogP contribution in [0.25, 0.3) is 0 Å². The minimum atomic E-state index is 0.260. The molecule has 1 N–H and O–H groups in total. The molecule has 1 aliphatic heterocycles. The van der Waals surface area contributed by atoms with Gasteiger partial charge in [0.2, 0.25) is 5.91 Å². The fourth-order valence-corrected chi connectivity index (χ4v) is 3.66. The Morgan fingerprint density at radius 2 is 2.04 bits per heavy atom. The quantitative estimate of drug-likeness (QED) is 0.941. The highest BCUT2D eigenvalue weighted by molar-refractivity contribution is 5.77. The van der Waals surface area contributed by atoms with Crippen LogP contribution in [0.3, 0.4) is 0 Å². The number of aromatic amines is 1. The van der Waals surface area contributed by atoms with Crippen LogP contribution in [0.2, 0.25) is 0 Å². The van der Waals surface area contributed by atoms with Gasteiger partial charge in [0.15, 0.2) is 0 Å². The van der Waals surface area contributed by atoms with Crippen LogP contribution in [0.15, 0.2) is 30.3 Å². The number of hydrogen-bond donors (Lipinski definition) is 1. The Morgan fingerprint density at radius 3 is 2.70 bits per heavy atom. The molecule has 3 rings (SSSR count). The summed E-state index contributed by atoms with van der Waals surface area (Å²) in [6.45, 7) is 7.01. The molecule has 0 spiro atoms. The third-order valence-corrected chi connectivity index (χ3v) is 5.04. The predicted molar refractivity (Wildman–Crippen MR) is 91.4 cm³/mol. The van der Waals surface area contributed by atoms with Gasteiger partial charge < -0.3 is 4.90 Å². The number of likely N-dealkylation sites (tertiary alicyclic amines) is 1. The number of amides is 1. The normalized spacial score (nSPS) is 20.9. The average Bonchev–Trinajstić information content (AvgIpc) is 3.09. The van der Waals surface area contributed by atoms with Crippen molar-refractivity contribution in [3.63, 3.8) is 0 Å². The van der Waals surface area contributed by atoms with Crippen molar-refractivity contribution in [2.24, 2.45) is 0 Å². The van der Waals surface area contributed by atoms with Crippen LogP contribution in [0.4, 0.5) is 0 Å². The van der Waals surface area contributed by atoms with Gasteiger partial charge in [-0.1, -0.05) is 30.3 Å². The fourth-order valence-electron chi connectivity index (χ4n) is 3.66. The monoisotopic (exact) mass is 311 g/mol. The molecular formula is C19H25N3O. The van der Waals surface area contributed by atoms with Crippen molar-refractivity contribution in [1.82, 2.24) is 15.1 Å². The highest BCUT2D eigenvalue weighted by Crippen LogP contribution is 2.32. The van der Waals surface area contributed by atoms with Crippen LogP contribution in [0.5, 0.6) is 0 Å². The first kappa shape index (κ1) is 15.8. The Balaban J connectivity index is 1.62. The lowest BCUT2D eigenvalue weighted by atomic mass is 9.97. The van der Waals surface area contributed by atoms with Gasteiger partial charge in [0.25, 0.3) is 0 Å². The lowest BCUT2D eigenvalue weighted by Crippen LogP contribution is -2.34. The first-order chi connectivity index (χ1) is 11.1. The maximum atomic E-state index is 12.6. The van der Waals surface area contributed by atoms with Crippen molar-refractivity contribution < 1.29 is 4.79 Å². The molecule has 1 aromatic carbocycles. The predicted octanol–water partition coefficient (Wildman–Crippen LogP) is 3.36. The van der Waals surface area contributed by atoms with Gasteiger partial charge in [-0.15, -0.1) is 0 Å². The summed E-state index contributed by atoms with van der Waals surface area (Å²) < 4.78 is 0. The Labute approximate surface area is 137 Å². The maximum absolute atomic E-state index is 12.6. The van der Waals surface area contributed by atoms with Crippen LogP contribution >= 0.6 is 0 Å². The molecule has 2 aromatic rings. The Hall–Kier alpha value is -2.10. The summed E-state index contributed by atoms with van der Waals surface area (Å²) in [4.78, 5) is 14.7. The van der Waals surface area contributed by atoms with Gasteiger partial charge in [0.05, 0.1) is 5.69 Å². The zero-order chi connectivity index (χ0) is 16.4. The molecule has 122 valence electrons. The SMILES string of the molecule is Cc1n[nH]c(C)c1CCC(=O)N1CC(c2ccccc2)CC1C. The Bertz CT molecular complexity index is 658. The molecule has 0 bridgehead atoms. The smallest absolute Gasteiger partial charge is 0.223 e. The lowest BCUT2D eigenvalue weighted by Gasteiger charge is -2.21. The first-order valence-corrected chi connectivity index (χ1v) is 8.41. The molecule has 2 heterocycles. The summed E-state index contributed by atoms with van der Waals surface area (Å²) in [7, 11) is 0. The second-order valence-electron chi connectivity index (χ2n) is 6.65. The summed E-state index contributed by atoms with van der Waals surface area (Å²) in [5.41, 5.74) is 4.61. The molecule has 1 aromatic heterocycles. The van der Waals surface area contributed by atoms with E-state index in [1.807, 2.05) is 19.9 Å². The minimum Gasteiger partial charge on any atom is -0.339 e. The number of hydrogen-bond acceptors (Lipinski definition) is 2. The summed E-state index contributed by atoms with van der Waals surface area (Å²) in [6, 6.07) is 10.9. The molecule has 4 heteroatoms. The van der Waals surface area contributed by atoms with Crippen molar-refractivity contribution >= 4 is 5.91 Å². The number of nitrogens with one attached hydrogen (secondary N) is 1. The van der Waals surface area contributed by atoms with Crippen LogP contribution in [-0.4, -0.2) is 33.6 Å². The number of nitrogens with zero attached hydrogens (tertiary/aromatic N) is 2. The van der Waals surface area contributed by atoms with E-state index in [4.69, 9.17) is 0 Å². The van der Waals surface area contributed by atoms with E-state index in [9.17, 15) is 4.79 Å². The van der Waals surface area contributed by atoms with Crippen molar-refractivity contribution in [1.29, 1.82) is 0 Å². The molecule has 2 unspecified atom stereocenters. The van der Waals surface area contributed by atoms with E-state index in [2.05, 4.69) is 46.3 Å². The third-order valence-electron chi connectivity index (χ3n) is 5.04. The van der Waals surface area contributed by atoms with Gasteiger partial charge in [-0.2, -0.15) is 5.10 Å². The molecule has 1 amide bonds. The number of carbonyl (C=O) groups excluding carboxylic acids is 1. The van der Waals surface area contributed by atoms with Gasteiger partial charge in [-0.25, -0.2) is 0 Å². The van der Waals surface area contributed by atoms with Crippen LogP contribution in [0, 0.1) is 13.8 Å². The number of H-pyrrole nitrogens is 1. The van der Waals surface area contributed by atoms with E-state index in [1.54, 1.807) is 0 Å². The zero-order valence-corrected chi connectivity index (χ0v) is 14.2. The summed E-state index contributed by atoms with van der Waals surface area (Å²) in [5, 5.41) is 7.20. The molecule has 0 saturated carbocycles. The van der Waals surface area contributed by atoms with E-state index in [0.29, 0.717) is 18.4 Å². The van der Waals surface area contributed by atoms with E-state index < -0.39 is 0 Å². The van der Waals surface area contributed by atoms with Crippen LogP contribution < -0.4 is 0 Å². The standard InChI is InChI=1S/C19H25N3O/c1-13-11-17(16-7-5-4-6-8-16)12-22(13)19(23)10-9-18-14(2)20-21-15(18)3/h4-8,13,17H,9-12H2,1-3H3,(H,20,21). The summed E-state index contributed by atoms with van der Waals surface area (Å²) >= 11 is 0. The van der Waals surface area contributed by atoms with E-state index >= 15 is 0 Å². The lowest BCUT2D eigenvalue weighted by molar-refractivity contribution is -0.131. The van der Waals surface area contributed by atoms with Crippen LogP contribution in [-0.2, 0) is 11.2 Å². The second-order valence-corrected chi connectivity index (χ2v) is 6.65. The van der Waals surface area contributed by atoms with Gasteiger partial charge in [-0.3, -0.25) is 9.89 Å². The molecule has 0 radical (unpaired) electrons. The third kappa shape index (κ3) is 3.31. The molecule has 0 aliphatic carbocycles. The molecular weight excluding hydrogens is 286 g/mol. The maximum Gasteiger partial charge on any atom is 0.223 e. The highest BCUT2D eigenvalue weighted by atomic mass is 16.2. The van der Waals surface area contributed by atoms with E-state index in [1.165, 1.54) is 11.1 Å². The second kappa shape index (κ2) is 6.57. The van der Waals surface area contributed by atoms with Crippen molar-refractivity contribution in [2.45, 2.75) is 52.0 Å². The topological polar surface area (TPSA) is 49.0 Å². The molecule has 1 fully saturated rings. The van der Waals surface area contributed by atoms with Gasteiger partial charge >= 0.3 is 0 Å². The number of benzene rings is 1. The molecule has 23 heavy (non-hydrogen) atoms. The number of carbonyl (C=O) groups is 1. The Morgan fingerprint density at radius 1 is 1.30 bits per heavy atom. The molecule has 1 aliphatic rings. The summed E-state index contributed by atoms with van der Waals surface area (Å²) in [5.74, 6) is 0.725. The largest absolute Gasteiger partial charge is 0.339 e. The van der Waals surface area contributed by atoms with Gasteiger partial charge in [0, 0.05) is 30.6 Å². The molecule has 4 nitrogen and oxygen atoms in total. The summed E-state index contributed by atoms with van der Waals surface area (Å²) in [6.07, 6.45) is 2.39. The first-order valence-electron chi connectivity index (χ1n) is 8.41. The highest BCUT2D eigenvalue weighted by Gasteiger charge is 2.32. The van der Waals surface area contributed by atoms with Gasteiger partial charge in [-0.05, 0) is 44.7 Å². The Kier molecular flexibility index (Phi) is 4.51. The zero-order valence-electron chi connectivity index (χ0n) is 14.2. The number of rotatable bonds is 4. The molecule has 1 saturated heterocycles. The van der Waals surface area contributed by atoms with Crippen LogP contribution in [0.1, 0.15) is 48.2 Å². The van der Waals surface area contributed by atoms with Crippen molar-refractivity contribution in [2.75, 3.05) is 6.54 Å². The minimum absolute atomic E-state index is 0.260. The van der Waals surface area contributed by atoms with Crippen molar-refractivity contribution in [3.05, 3.63) is 52.8 Å². The number of aryl methyl sites for hydroxylation is 2. The van der Waals surface area contributed by atoms with E-state index in [-0.39, 0.29) is 5.91 Å². The average molecular weight is 311 g/mol. The number of aromatic nitrogens is 2. The van der Waals surface area contributed by atoms with Gasteiger partial charge in [0.1, 0.15) is 0 Å².